The Labute approximate surface area is 227 Å². The summed E-state index contributed by atoms with van der Waals surface area (Å²) in [5.74, 6) is -4.86. The Hall–Kier alpha value is -3.01. The quantitative estimate of drug-likeness (QED) is 0.328. The van der Waals surface area contributed by atoms with Gasteiger partial charge >= 0.3 is 11.9 Å². The number of hydrogen-bond donors (Lipinski definition) is 4. The number of ketones is 1. The van der Waals surface area contributed by atoms with Crippen LogP contribution >= 0.6 is 0 Å². The summed E-state index contributed by atoms with van der Waals surface area (Å²) in [7, 11) is 1.69. The van der Waals surface area contributed by atoms with Gasteiger partial charge in [-0.1, -0.05) is 45.1 Å². The van der Waals surface area contributed by atoms with Crippen LogP contribution in [0.2, 0.25) is 0 Å². The second-order valence-electron chi connectivity index (χ2n) is 12.1. The number of ether oxygens (including phenoxy) is 2. The number of nitrogens with one attached hydrogen (secondary N) is 1. The van der Waals surface area contributed by atoms with E-state index in [0.717, 1.165) is 0 Å². The standard InChI is InChI=1S/C30H37NO8/c1-15-11-22-28(36,24(15)34)13-18(14-32)12-20-23-27(4,5)30(23,39-17(3)33)25(16(2)29(20,22)37)38-26(35)19-9-7-8-10-21(19)31-6/h7-12,16,20,22-23,25,31-32,36-37H,13-14H2,1-6H3. The van der Waals surface area contributed by atoms with Crippen LogP contribution in [0.25, 0.3) is 0 Å². The molecular formula is C30H37NO8. The number of anilines is 1. The van der Waals surface area contributed by atoms with E-state index in [4.69, 9.17) is 9.47 Å². The highest BCUT2D eigenvalue weighted by Gasteiger charge is 2.87. The van der Waals surface area contributed by atoms with Crippen molar-refractivity contribution in [2.24, 2.45) is 29.1 Å². The summed E-state index contributed by atoms with van der Waals surface area (Å²) >= 11 is 0. The van der Waals surface area contributed by atoms with E-state index in [1.807, 2.05) is 13.8 Å². The average molecular weight is 540 g/mol. The van der Waals surface area contributed by atoms with E-state index in [0.29, 0.717) is 16.8 Å². The van der Waals surface area contributed by atoms with Crippen molar-refractivity contribution in [2.45, 2.75) is 63.9 Å². The van der Waals surface area contributed by atoms with E-state index >= 15 is 0 Å². The highest BCUT2D eigenvalue weighted by atomic mass is 16.6. The van der Waals surface area contributed by atoms with Crippen LogP contribution < -0.4 is 5.32 Å². The maximum atomic E-state index is 13.6. The summed E-state index contributed by atoms with van der Waals surface area (Å²) in [6.45, 7) is 7.98. The normalized spacial score (nSPS) is 39.7. The lowest BCUT2D eigenvalue weighted by atomic mass is 9.59. The molecule has 5 rings (SSSR count). The summed E-state index contributed by atoms with van der Waals surface area (Å²) in [6.07, 6.45) is 2.09. The molecular weight excluding hydrogens is 502 g/mol. The lowest BCUT2D eigenvalue weighted by Crippen LogP contribution is -2.66. The zero-order chi connectivity index (χ0) is 28.7. The van der Waals surface area contributed by atoms with Crippen LogP contribution in [0.15, 0.2) is 47.6 Å². The molecule has 0 aromatic heterocycles. The maximum absolute atomic E-state index is 13.6. The number of Topliss-reactive ketones (excluding diaryl/α,β-unsaturated/α-hetero) is 1. The number of hydrogen-bond acceptors (Lipinski definition) is 9. The molecule has 0 amide bonds. The van der Waals surface area contributed by atoms with E-state index in [1.54, 1.807) is 57.3 Å². The van der Waals surface area contributed by atoms with Crippen molar-refractivity contribution < 1.29 is 39.2 Å². The number of carbonyl (C=O) groups excluding carboxylic acids is 3. The Bertz CT molecular complexity index is 1320. The summed E-state index contributed by atoms with van der Waals surface area (Å²) in [5, 5.41) is 37.7. The van der Waals surface area contributed by atoms with Gasteiger partial charge in [-0.3, -0.25) is 9.59 Å². The van der Waals surface area contributed by atoms with Gasteiger partial charge < -0.3 is 30.1 Å². The van der Waals surface area contributed by atoms with E-state index in [2.05, 4.69) is 5.32 Å². The van der Waals surface area contributed by atoms with Gasteiger partial charge in [0, 0.05) is 55.2 Å². The van der Waals surface area contributed by atoms with Gasteiger partial charge in [0.2, 0.25) is 0 Å². The minimum absolute atomic E-state index is 0.139. The van der Waals surface area contributed by atoms with E-state index in [1.165, 1.54) is 6.92 Å². The number of esters is 2. The van der Waals surface area contributed by atoms with Gasteiger partial charge in [0.15, 0.2) is 11.4 Å². The second-order valence-corrected chi connectivity index (χ2v) is 12.1. The Kier molecular flexibility index (Phi) is 6.18. The van der Waals surface area contributed by atoms with E-state index in [9.17, 15) is 29.7 Å². The van der Waals surface area contributed by atoms with Gasteiger partial charge in [0.1, 0.15) is 11.7 Å². The Balaban J connectivity index is 1.70. The van der Waals surface area contributed by atoms with Crippen molar-refractivity contribution in [1.82, 2.24) is 0 Å². The first-order valence-corrected chi connectivity index (χ1v) is 13.4. The van der Waals surface area contributed by atoms with Crippen LogP contribution in [0.1, 0.15) is 51.4 Å². The zero-order valence-electron chi connectivity index (χ0n) is 23.1. The third kappa shape index (κ3) is 3.45. The van der Waals surface area contributed by atoms with Crippen LogP contribution in [0.3, 0.4) is 0 Å². The molecule has 39 heavy (non-hydrogen) atoms. The van der Waals surface area contributed by atoms with E-state index in [-0.39, 0.29) is 12.0 Å². The average Bonchev–Trinajstić information content (AvgIpc) is 3.31. The molecule has 0 saturated heterocycles. The first-order valence-electron chi connectivity index (χ1n) is 13.4. The molecule has 9 nitrogen and oxygen atoms in total. The number of benzene rings is 1. The summed E-state index contributed by atoms with van der Waals surface area (Å²) in [6, 6.07) is 6.85. The van der Waals surface area contributed by atoms with Gasteiger partial charge in [-0.2, -0.15) is 0 Å². The molecule has 8 atom stereocenters. The van der Waals surface area contributed by atoms with Gasteiger partial charge in [-0.25, -0.2) is 4.79 Å². The molecule has 4 aliphatic carbocycles. The minimum atomic E-state index is -1.97. The SMILES string of the molecule is CNc1ccccc1C(=O)OC1C(C)C2(O)C(C=C(CO)CC3(O)C(=O)C(C)=CC32)C2C(C)(C)C12OC(C)=O. The maximum Gasteiger partial charge on any atom is 0.340 e. The molecule has 2 saturated carbocycles. The number of carbonyl (C=O) groups is 3. The van der Waals surface area contributed by atoms with Crippen LogP contribution in [-0.4, -0.2) is 69.6 Å². The van der Waals surface area contributed by atoms with Gasteiger partial charge in [0.25, 0.3) is 0 Å². The highest BCUT2D eigenvalue weighted by Crippen LogP contribution is 2.77. The molecule has 4 aliphatic rings. The molecule has 4 N–H and O–H groups in total. The third-order valence-electron chi connectivity index (χ3n) is 9.92. The topological polar surface area (TPSA) is 142 Å². The number of aliphatic hydroxyl groups excluding tert-OH is 1. The van der Waals surface area contributed by atoms with Crippen LogP contribution in [-0.2, 0) is 19.1 Å². The summed E-state index contributed by atoms with van der Waals surface area (Å²) in [4.78, 5) is 39.4. The van der Waals surface area contributed by atoms with Gasteiger partial charge in [0.05, 0.1) is 17.8 Å². The minimum Gasteiger partial charge on any atom is -0.454 e. The zero-order valence-corrected chi connectivity index (χ0v) is 23.1. The highest BCUT2D eigenvalue weighted by molar-refractivity contribution is 6.05. The van der Waals surface area contributed by atoms with Crippen LogP contribution in [0.5, 0.6) is 0 Å². The lowest BCUT2D eigenvalue weighted by molar-refractivity contribution is -0.219. The first-order chi connectivity index (χ1) is 18.2. The molecule has 210 valence electrons. The first kappa shape index (κ1) is 27.6. The molecule has 9 heteroatoms. The molecule has 0 radical (unpaired) electrons. The molecule has 0 spiro atoms. The van der Waals surface area contributed by atoms with E-state index < -0.39 is 76.3 Å². The molecule has 0 bridgehead atoms. The molecule has 1 aromatic rings. The molecule has 8 unspecified atom stereocenters. The van der Waals surface area contributed by atoms with Crippen molar-refractivity contribution in [2.75, 3.05) is 19.0 Å². The van der Waals surface area contributed by atoms with Crippen molar-refractivity contribution in [3.8, 4) is 0 Å². The third-order valence-corrected chi connectivity index (χ3v) is 9.92. The number of rotatable bonds is 5. The van der Waals surface area contributed by atoms with Crippen LogP contribution in [0.4, 0.5) is 5.69 Å². The predicted octanol–water partition coefficient (Wildman–Crippen LogP) is 2.41. The van der Waals surface area contributed by atoms with Gasteiger partial charge in [-0.05, 0) is 30.2 Å². The number of aliphatic hydroxyl groups is 3. The largest absolute Gasteiger partial charge is 0.454 e. The molecule has 0 heterocycles. The molecule has 0 aliphatic heterocycles. The molecule has 1 aromatic carbocycles. The van der Waals surface area contributed by atoms with Gasteiger partial charge in [-0.15, -0.1) is 0 Å². The fraction of sp³-hybridized carbons (Fsp3) is 0.567. The summed E-state index contributed by atoms with van der Waals surface area (Å²) < 4.78 is 12.2. The summed E-state index contributed by atoms with van der Waals surface area (Å²) in [5.41, 5.74) is -4.19. The van der Waals surface area contributed by atoms with Crippen molar-refractivity contribution in [1.29, 1.82) is 0 Å². The van der Waals surface area contributed by atoms with Crippen LogP contribution in [0, 0.1) is 29.1 Å². The second kappa shape index (κ2) is 8.74. The number of fused-ring (bicyclic) bond motifs is 5. The Morgan fingerprint density at radius 3 is 2.44 bits per heavy atom. The van der Waals surface area contributed by atoms with Crippen molar-refractivity contribution in [3.63, 3.8) is 0 Å². The monoisotopic (exact) mass is 539 g/mol. The predicted molar refractivity (Wildman–Crippen MR) is 142 cm³/mol. The van der Waals surface area contributed by atoms with Crippen molar-refractivity contribution >= 4 is 23.4 Å². The number of para-hydroxylation sites is 1. The van der Waals surface area contributed by atoms with Crippen molar-refractivity contribution in [3.05, 3.63) is 53.1 Å². The fourth-order valence-electron chi connectivity index (χ4n) is 8.12. The Morgan fingerprint density at radius 2 is 1.82 bits per heavy atom. The molecule has 2 fully saturated rings. The lowest BCUT2D eigenvalue weighted by Gasteiger charge is -2.53. The fourth-order valence-corrected chi connectivity index (χ4v) is 8.12. The Morgan fingerprint density at radius 1 is 1.15 bits per heavy atom. The smallest absolute Gasteiger partial charge is 0.340 e.